The Morgan fingerprint density at radius 3 is 2.29 bits per heavy atom. The lowest BCUT2D eigenvalue weighted by molar-refractivity contribution is -0.139. The molecule has 2 amide bonds. The molecule has 2 rings (SSSR count). The molecular formula is C25H34BrN3O4S. The summed E-state index contributed by atoms with van der Waals surface area (Å²) in [7, 11) is -3.75. The van der Waals surface area contributed by atoms with Crippen LogP contribution < -0.4 is 9.62 Å². The Kier molecular flexibility index (Phi) is 9.70. The summed E-state index contributed by atoms with van der Waals surface area (Å²) >= 11 is 3.44. The number of anilines is 1. The van der Waals surface area contributed by atoms with Crippen LogP contribution >= 0.6 is 15.9 Å². The van der Waals surface area contributed by atoms with E-state index < -0.39 is 28.5 Å². The first kappa shape index (κ1) is 27.9. The van der Waals surface area contributed by atoms with E-state index in [4.69, 9.17) is 0 Å². The number of rotatable bonds is 10. The summed E-state index contributed by atoms with van der Waals surface area (Å²) in [6, 6.07) is 11.9. The molecular weight excluding hydrogens is 518 g/mol. The Hall–Kier alpha value is -2.39. The number of carbonyl (C=O) groups excluding carboxylic acids is 2. The van der Waals surface area contributed by atoms with Crippen LogP contribution in [-0.2, 0) is 26.2 Å². The summed E-state index contributed by atoms with van der Waals surface area (Å²) in [5.41, 5.74) is 3.18. The van der Waals surface area contributed by atoms with Gasteiger partial charge in [-0.3, -0.25) is 13.9 Å². The van der Waals surface area contributed by atoms with Crippen molar-refractivity contribution in [2.75, 3.05) is 17.1 Å². The third-order valence-corrected chi connectivity index (χ3v) is 7.50. The van der Waals surface area contributed by atoms with Crippen LogP contribution in [0.25, 0.3) is 0 Å². The molecule has 9 heteroatoms. The second-order valence-corrected chi connectivity index (χ2v) is 11.5. The minimum atomic E-state index is -3.75. The van der Waals surface area contributed by atoms with Crippen LogP contribution in [0.3, 0.4) is 0 Å². The second kappa shape index (κ2) is 11.8. The molecule has 0 spiro atoms. The number of nitrogens with zero attached hydrogens (tertiary/aromatic N) is 2. The lowest BCUT2D eigenvalue weighted by Crippen LogP contribution is -2.52. The number of hydrogen-bond donors (Lipinski definition) is 1. The van der Waals surface area contributed by atoms with E-state index in [1.807, 2.05) is 58.0 Å². The van der Waals surface area contributed by atoms with Gasteiger partial charge in [-0.2, -0.15) is 0 Å². The molecule has 0 aliphatic heterocycles. The monoisotopic (exact) mass is 551 g/mol. The fourth-order valence-corrected chi connectivity index (χ4v) is 4.66. The van der Waals surface area contributed by atoms with Gasteiger partial charge in [0.1, 0.15) is 12.6 Å². The van der Waals surface area contributed by atoms with E-state index in [1.165, 1.54) is 4.90 Å². The molecule has 0 fully saturated rings. The number of nitrogens with one attached hydrogen (secondary N) is 1. The van der Waals surface area contributed by atoms with Crippen LogP contribution in [0.15, 0.2) is 46.9 Å². The summed E-state index contributed by atoms with van der Waals surface area (Å²) < 4.78 is 27.2. The average molecular weight is 553 g/mol. The van der Waals surface area contributed by atoms with E-state index in [0.29, 0.717) is 5.69 Å². The number of benzene rings is 2. The van der Waals surface area contributed by atoms with Crippen LogP contribution in [-0.4, -0.2) is 50.0 Å². The molecule has 0 saturated heterocycles. The predicted octanol–water partition coefficient (Wildman–Crippen LogP) is 4.16. The highest BCUT2D eigenvalue weighted by molar-refractivity contribution is 9.10. The summed E-state index contributed by atoms with van der Waals surface area (Å²) in [6.07, 6.45) is 1.83. The maximum Gasteiger partial charge on any atom is 0.244 e. The summed E-state index contributed by atoms with van der Waals surface area (Å²) in [4.78, 5) is 27.9. The molecule has 186 valence electrons. The van der Waals surface area contributed by atoms with Crippen molar-refractivity contribution < 1.29 is 18.0 Å². The highest BCUT2D eigenvalue weighted by atomic mass is 79.9. The topological polar surface area (TPSA) is 86.8 Å². The summed E-state index contributed by atoms with van der Waals surface area (Å²) in [5, 5.41) is 2.92. The minimum Gasteiger partial charge on any atom is -0.352 e. The van der Waals surface area contributed by atoms with Gasteiger partial charge in [0.05, 0.1) is 11.9 Å². The Balaban J connectivity index is 2.41. The number of carbonyl (C=O) groups is 2. The van der Waals surface area contributed by atoms with E-state index in [2.05, 4.69) is 21.2 Å². The van der Waals surface area contributed by atoms with Crippen molar-refractivity contribution >= 4 is 43.5 Å². The van der Waals surface area contributed by atoms with Crippen LogP contribution in [0.2, 0.25) is 0 Å². The van der Waals surface area contributed by atoms with Crippen molar-refractivity contribution in [3.63, 3.8) is 0 Å². The second-order valence-electron chi connectivity index (χ2n) is 8.68. The normalized spacial score (nSPS) is 13.1. The van der Waals surface area contributed by atoms with Crippen LogP contribution in [0.4, 0.5) is 5.69 Å². The molecule has 0 aliphatic carbocycles. The van der Waals surface area contributed by atoms with Gasteiger partial charge in [-0.1, -0.05) is 41.1 Å². The molecule has 1 N–H and O–H groups in total. The lowest BCUT2D eigenvalue weighted by atomic mass is 10.1. The molecule has 2 aromatic carbocycles. The molecule has 7 nitrogen and oxygen atoms in total. The SMILES string of the molecule is CCC(C)NC(=O)C(C)N(Cc1cccc(Br)c1)C(=O)CN(c1ccc(C)c(C)c1)S(C)(=O)=O. The van der Waals surface area contributed by atoms with E-state index >= 15 is 0 Å². The number of amides is 2. The fourth-order valence-electron chi connectivity index (χ4n) is 3.37. The third-order valence-electron chi connectivity index (χ3n) is 5.87. The van der Waals surface area contributed by atoms with Gasteiger partial charge < -0.3 is 10.2 Å². The van der Waals surface area contributed by atoms with Crippen molar-refractivity contribution in [1.82, 2.24) is 10.2 Å². The molecule has 2 atom stereocenters. The highest BCUT2D eigenvalue weighted by Crippen LogP contribution is 2.22. The first-order valence-corrected chi connectivity index (χ1v) is 13.9. The van der Waals surface area contributed by atoms with Crippen molar-refractivity contribution in [2.24, 2.45) is 0 Å². The molecule has 0 bridgehead atoms. The van der Waals surface area contributed by atoms with Crippen molar-refractivity contribution in [2.45, 2.75) is 59.7 Å². The van der Waals surface area contributed by atoms with Gasteiger partial charge in [0, 0.05) is 17.1 Å². The molecule has 0 aromatic heterocycles. The Morgan fingerprint density at radius 2 is 1.74 bits per heavy atom. The van der Waals surface area contributed by atoms with Crippen LogP contribution in [0, 0.1) is 13.8 Å². The first-order chi connectivity index (χ1) is 15.8. The van der Waals surface area contributed by atoms with Gasteiger partial charge in [0.25, 0.3) is 0 Å². The zero-order valence-electron chi connectivity index (χ0n) is 20.6. The maximum atomic E-state index is 13.5. The quantitative estimate of drug-likeness (QED) is 0.480. The van der Waals surface area contributed by atoms with E-state index in [9.17, 15) is 18.0 Å². The van der Waals surface area contributed by atoms with E-state index in [-0.39, 0.29) is 18.5 Å². The molecule has 2 unspecified atom stereocenters. The number of halogens is 1. The summed E-state index contributed by atoms with van der Waals surface area (Å²) in [6.45, 7) is 9.11. The standard InChI is InChI=1S/C25H34BrN3O4S/c1-7-19(4)27-25(31)20(5)28(15-21-9-8-10-22(26)14-21)24(30)16-29(34(6,32)33)23-12-11-17(2)18(3)13-23/h8-14,19-20H,7,15-16H2,1-6H3,(H,27,31). The number of aryl methyl sites for hydroxylation is 2. The van der Waals surface area contributed by atoms with E-state index in [1.54, 1.807) is 19.1 Å². The Bertz CT molecular complexity index is 1140. The Morgan fingerprint density at radius 1 is 1.06 bits per heavy atom. The zero-order chi connectivity index (χ0) is 25.6. The summed E-state index contributed by atoms with van der Waals surface area (Å²) in [5.74, 6) is -0.745. The molecule has 0 aliphatic rings. The Labute approximate surface area is 211 Å². The van der Waals surface area contributed by atoms with Crippen molar-refractivity contribution in [3.8, 4) is 0 Å². The molecule has 2 aromatic rings. The van der Waals surface area contributed by atoms with Gasteiger partial charge in [-0.05, 0) is 75.1 Å². The van der Waals surface area contributed by atoms with Crippen molar-refractivity contribution in [3.05, 3.63) is 63.6 Å². The number of hydrogen-bond acceptors (Lipinski definition) is 4. The first-order valence-electron chi connectivity index (χ1n) is 11.2. The number of sulfonamides is 1. The van der Waals surface area contributed by atoms with Gasteiger partial charge in [-0.25, -0.2) is 8.42 Å². The van der Waals surface area contributed by atoms with Crippen LogP contribution in [0.5, 0.6) is 0 Å². The minimum absolute atomic E-state index is 0.0409. The zero-order valence-corrected chi connectivity index (χ0v) is 23.0. The largest absolute Gasteiger partial charge is 0.352 e. The van der Waals surface area contributed by atoms with Gasteiger partial charge in [0.15, 0.2) is 0 Å². The smallest absolute Gasteiger partial charge is 0.244 e. The molecule has 0 radical (unpaired) electrons. The van der Waals surface area contributed by atoms with Crippen LogP contribution in [0.1, 0.15) is 43.9 Å². The highest BCUT2D eigenvalue weighted by Gasteiger charge is 2.30. The third kappa shape index (κ3) is 7.56. The molecule has 0 heterocycles. The molecule has 34 heavy (non-hydrogen) atoms. The predicted molar refractivity (Wildman–Crippen MR) is 140 cm³/mol. The molecule has 0 saturated carbocycles. The van der Waals surface area contributed by atoms with E-state index in [0.717, 1.165) is 38.1 Å². The van der Waals surface area contributed by atoms with Gasteiger partial charge in [-0.15, -0.1) is 0 Å². The maximum absolute atomic E-state index is 13.5. The fraction of sp³-hybridized carbons (Fsp3) is 0.440. The van der Waals surface area contributed by atoms with Gasteiger partial charge in [0.2, 0.25) is 21.8 Å². The van der Waals surface area contributed by atoms with Crippen molar-refractivity contribution in [1.29, 1.82) is 0 Å². The van der Waals surface area contributed by atoms with Gasteiger partial charge >= 0.3 is 0 Å². The average Bonchev–Trinajstić information content (AvgIpc) is 2.76. The lowest BCUT2D eigenvalue weighted by Gasteiger charge is -2.32.